The van der Waals surface area contributed by atoms with Crippen molar-refractivity contribution in [1.82, 2.24) is 0 Å². The second-order valence-corrected chi connectivity index (χ2v) is 16.3. The molecule has 2 aliphatic rings. The summed E-state index contributed by atoms with van der Waals surface area (Å²) in [6, 6.07) is 41.5. The zero-order chi connectivity index (χ0) is 36.3. The van der Waals surface area contributed by atoms with E-state index in [1.807, 2.05) is 24.3 Å². The van der Waals surface area contributed by atoms with Gasteiger partial charge in [0.15, 0.2) is 0 Å². The first-order valence-corrected chi connectivity index (χ1v) is 19.7. The molecule has 0 aliphatic carbocycles. The molecule has 2 fully saturated rings. The van der Waals surface area contributed by atoms with Crippen LogP contribution >= 0.6 is 0 Å². The fraction of sp³-hybridized carbons (Fsp3) is 0.478. The number of quaternary nitrogens is 2. The van der Waals surface area contributed by atoms with Crippen molar-refractivity contribution in [2.75, 3.05) is 67.6 Å². The number of unbranched alkanes of at least 4 members (excludes halogenated alkanes) is 7. The molecule has 6 rings (SSSR count). The van der Waals surface area contributed by atoms with Gasteiger partial charge >= 0.3 is 0 Å². The topological polar surface area (TPSA) is 36.9 Å². The number of nitrogens with zero attached hydrogens (tertiary/aromatic N) is 2. The Morgan fingerprint density at radius 1 is 0.426 bits per heavy atom. The zero-order valence-electron chi connectivity index (χ0n) is 32.9. The van der Waals surface area contributed by atoms with Crippen molar-refractivity contribution < 1.29 is 75.9 Å². The van der Waals surface area contributed by atoms with Gasteiger partial charge in [0.05, 0.1) is 54.5 Å². The Morgan fingerprint density at radius 2 is 0.685 bits per heavy atom. The molecule has 2 aliphatic heterocycles. The zero-order valence-corrected chi connectivity index (χ0v) is 37.2. The summed E-state index contributed by atoms with van der Waals surface area (Å²) in [5, 5.41) is 0. The van der Waals surface area contributed by atoms with Crippen LogP contribution in [-0.4, -0.2) is 88.8 Å². The molecule has 2 heterocycles. The summed E-state index contributed by atoms with van der Waals surface area (Å²) in [5.74, 6) is -1.67. The Kier molecular flexibility index (Phi) is 17.4. The van der Waals surface area contributed by atoms with E-state index in [0.29, 0.717) is 13.2 Å². The van der Waals surface area contributed by atoms with E-state index in [-0.39, 0.29) is 60.2 Å². The fourth-order valence-corrected chi connectivity index (χ4v) is 8.20. The van der Waals surface area contributed by atoms with Crippen molar-refractivity contribution >= 4 is 0 Å². The summed E-state index contributed by atoms with van der Waals surface area (Å²) in [7, 11) is 9.35. The molecule has 8 heteroatoms. The van der Waals surface area contributed by atoms with Gasteiger partial charge in [-0.2, -0.15) is 0 Å². The molecule has 0 N–H and O–H groups in total. The van der Waals surface area contributed by atoms with Gasteiger partial charge in [-0.25, -0.2) is 0 Å². The van der Waals surface area contributed by atoms with Gasteiger partial charge in [0.2, 0.25) is 11.6 Å². The van der Waals surface area contributed by atoms with E-state index in [1.54, 1.807) is 0 Å². The lowest BCUT2D eigenvalue weighted by atomic mass is 9.97. The monoisotopic (exact) mass is 960 g/mol. The summed E-state index contributed by atoms with van der Waals surface area (Å²) in [6.45, 7) is 5.41. The van der Waals surface area contributed by atoms with Gasteiger partial charge in [-0.05, 0) is 25.7 Å². The summed E-state index contributed by atoms with van der Waals surface area (Å²) >= 11 is 0. The van der Waals surface area contributed by atoms with E-state index in [1.165, 1.54) is 51.4 Å². The molecule has 0 aromatic heterocycles. The molecule has 0 radical (unpaired) electrons. The van der Waals surface area contributed by atoms with Crippen molar-refractivity contribution in [2.45, 2.75) is 75.1 Å². The van der Waals surface area contributed by atoms with Gasteiger partial charge < -0.3 is 75.9 Å². The van der Waals surface area contributed by atoms with Crippen molar-refractivity contribution in [3.8, 4) is 0 Å². The van der Waals surface area contributed by atoms with E-state index in [2.05, 4.69) is 125 Å². The molecule has 294 valence electrons. The molecule has 0 amide bonds. The number of hydrogen-bond donors (Lipinski definition) is 0. The lowest BCUT2D eigenvalue weighted by Gasteiger charge is -2.33. The summed E-state index contributed by atoms with van der Waals surface area (Å²) in [5.41, 5.74) is 4.22. The first-order valence-electron chi connectivity index (χ1n) is 19.7. The quantitative estimate of drug-likeness (QED) is 0.0825. The Labute approximate surface area is 359 Å². The summed E-state index contributed by atoms with van der Waals surface area (Å²) in [6.07, 6.45) is 10.5. The first-order chi connectivity index (χ1) is 25.2. The second-order valence-electron chi connectivity index (χ2n) is 16.3. The Morgan fingerprint density at radius 3 is 0.963 bits per heavy atom. The maximum atomic E-state index is 6.79. The Bertz CT molecular complexity index is 1420. The number of ether oxygens (including phenoxy) is 4. The first kappa shape index (κ1) is 44.8. The number of halogens is 2. The van der Waals surface area contributed by atoms with Crippen LogP contribution in [0.1, 0.15) is 73.6 Å². The van der Waals surface area contributed by atoms with Gasteiger partial charge in [0, 0.05) is 22.3 Å². The maximum Gasteiger partial charge on any atom is 0.222 e. The van der Waals surface area contributed by atoms with E-state index in [9.17, 15) is 0 Å². The fourth-order valence-electron chi connectivity index (χ4n) is 8.20. The number of benzene rings is 4. The minimum atomic E-state index is -0.834. The minimum absolute atomic E-state index is 0. The summed E-state index contributed by atoms with van der Waals surface area (Å²) < 4.78 is 28.5. The Balaban J connectivity index is 0.00000325. The van der Waals surface area contributed by atoms with Crippen molar-refractivity contribution in [3.63, 3.8) is 0 Å². The molecule has 0 bridgehead atoms. The highest BCUT2D eigenvalue weighted by Gasteiger charge is 2.47. The van der Waals surface area contributed by atoms with Crippen LogP contribution < -0.4 is 48.0 Å². The van der Waals surface area contributed by atoms with Crippen LogP contribution in [0.5, 0.6) is 0 Å². The average Bonchev–Trinajstić information content (AvgIpc) is 3.79. The highest BCUT2D eigenvalue weighted by atomic mass is 127. The van der Waals surface area contributed by atoms with Gasteiger partial charge in [-0.3, -0.25) is 0 Å². The van der Waals surface area contributed by atoms with Crippen molar-refractivity contribution in [2.24, 2.45) is 0 Å². The number of hydrogen-bond acceptors (Lipinski definition) is 4. The standard InChI is InChI=1S/C46H62N2O4.2HI/c1-47(2,35-43-37-49-45(51-43,39-25-15-11-16-26-39)40-27-17-12-18-28-40)33-23-9-7-5-6-8-10-24-34-48(3,4)36-44-38-50-46(52-44,41-29-19-13-20-30-41)42-31-21-14-22-32-42;;/h11-22,25-32,43-44H,5-10,23-24,33-38H2,1-4H3;2*1H/q+2;;/p-2. The predicted octanol–water partition coefficient (Wildman–Crippen LogP) is 2.90. The molecule has 0 spiro atoms. The number of likely N-dealkylation sites (N-methyl/N-ethyl adjacent to an activating group) is 2. The molecule has 4 aromatic carbocycles. The van der Waals surface area contributed by atoms with E-state index in [4.69, 9.17) is 18.9 Å². The average molecular weight is 961 g/mol. The van der Waals surface area contributed by atoms with Crippen LogP contribution in [0, 0.1) is 0 Å². The van der Waals surface area contributed by atoms with Crippen LogP contribution in [0.15, 0.2) is 121 Å². The van der Waals surface area contributed by atoms with Gasteiger partial charge in [0.1, 0.15) is 25.3 Å². The van der Waals surface area contributed by atoms with Gasteiger partial charge in [0.25, 0.3) is 0 Å². The third kappa shape index (κ3) is 11.8. The SMILES string of the molecule is C[N+](C)(CCCCCCCCCC[N+](C)(C)CC1COC(c2ccccc2)(c2ccccc2)O1)CC1COC(c2ccccc2)(c2ccccc2)O1.[I-].[I-]. The normalized spacial score (nSPS) is 19.2. The molecule has 2 saturated heterocycles. The van der Waals surface area contributed by atoms with Crippen molar-refractivity contribution in [3.05, 3.63) is 144 Å². The van der Waals surface area contributed by atoms with E-state index >= 15 is 0 Å². The van der Waals surface area contributed by atoms with Crippen molar-refractivity contribution in [1.29, 1.82) is 0 Å². The molecule has 4 aromatic rings. The van der Waals surface area contributed by atoms with Crippen LogP contribution in [0.4, 0.5) is 0 Å². The van der Waals surface area contributed by atoms with E-state index in [0.717, 1.165) is 57.4 Å². The van der Waals surface area contributed by atoms with Crippen LogP contribution in [-0.2, 0) is 30.5 Å². The largest absolute Gasteiger partial charge is 1.00 e. The highest BCUT2D eigenvalue weighted by molar-refractivity contribution is 5.36. The predicted molar refractivity (Wildman–Crippen MR) is 210 cm³/mol. The molecule has 54 heavy (non-hydrogen) atoms. The molecule has 0 saturated carbocycles. The molecule has 2 unspecified atom stereocenters. The molecule has 2 atom stereocenters. The molecular weight excluding hydrogens is 898 g/mol. The van der Waals surface area contributed by atoms with Gasteiger partial charge in [-0.15, -0.1) is 0 Å². The van der Waals surface area contributed by atoms with Crippen LogP contribution in [0.25, 0.3) is 0 Å². The molecule has 6 nitrogen and oxygen atoms in total. The lowest BCUT2D eigenvalue weighted by molar-refractivity contribution is -0.893. The minimum Gasteiger partial charge on any atom is -1.00 e. The third-order valence-corrected chi connectivity index (χ3v) is 10.9. The van der Waals surface area contributed by atoms with E-state index < -0.39 is 11.6 Å². The van der Waals surface area contributed by atoms with Gasteiger partial charge in [-0.1, -0.05) is 147 Å². The lowest BCUT2D eigenvalue weighted by Crippen LogP contribution is -3.00. The number of rotatable bonds is 19. The smallest absolute Gasteiger partial charge is 0.222 e. The highest BCUT2D eigenvalue weighted by Crippen LogP contribution is 2.42. The molecular formula is C46H62I2N2O4. The maximum absolute atomic E-state index is 6.79. The van der Waals surface area contributed by atoms with Crippen LogP contribution in [0.2, 0.25) is 0 Å². The third-order valence-electron chi connectivity index (χ3n) is 10.9. The Hall–Kier alpha value is -1.90. The summed E-state index contributed by atoms with van der Waals surface area (Å²) in [4.78, 5) is 0. The second kappa shape index (κ2) is 21.0. The van der Waals surface area contributed by atoms with Crippen LogP contribution in [0.3, 0.4) is 0 Å².